The minimum atomic E-state index is -0.0549. The van der Waals surface area contributed by atoms with Crippen molar-refractivity contribution in [2.75, 3.05) is 40.3 Å². The van der Waals surface area contributed by atoms with Gasteiger partial charge >= 0.3 is 0 Å². The van der Waals surface area contributed by atoms with E-state index in [0.717, 1.165) is 32.5 Å². The molecule has 0 saturated carbocycles. The van der Waals surface area contributed by atoms with E-state index in [1.165, 1.54) is 12.8 Å². The Kier molecular flexibility index (Phi) is 4.78. The number of likely N-dealkylation sites (N-methyl/N-ethyl adjacent to an activating group) is 1. The highest BCUT2D eigenvalue weighted by atomic mass is 16.2. The van der Waals surface area contributed by atoms with Gasteiger partial charge in [0.05, 0.1) is 11.6 Å². The Balaban J connectivity index is 1.57. The normalized spacial score (nSPS) is 21.0. The van der Waals surface area contributed by atoms with Gasteiger partial charge in [-0.05, 0) is 39.0 Å². The molecule has 2 aliphatic heterocycles. The van der Waals surface area contributed by atoms with Crippen LogP contribution in [0.1, 0.15) is 33.6 Å². The summed E-state index contributed by atoms with van der Waals surface area (Å²) >= 11 is 0. The van der Waals surface area contributed by atoms with Crippen LogP contribution < -0.4 is 0 Å². The Morgan fingerprint density at radius 2 is 1.87 bits per heavy atom. The Hall–Kier alpha value is -1.72. The van der Waals surface area contributed by atoms with Gasteiger partial charge in [-0.25, -0.2) is 0 Å². The van der Waals surface area contributed by atoms with Gasteiger partial charge in [0.1, 0.15) is 0 Å². The first kappa shape index (κ1) is 16.1. The molecule has 2 aliphatic rings. The van der Waals surface area contributed by atoms with E-state index in [4.69, 9.17) is 0 Å². The monoisotopic (exact) mass is 315 g/mol. The van der Waals surface area contributed by atoms with Gasteiger partial charge in [-0.2, -0.15) is 0 Å². The molecule has 0 N–H and O–H groups in total. The fraction of sp³-hybridized carbons (Fsp3) is 0.556. The summed E-state index contributed by atoms with van der Waals surface area (Å²) in [7, 11) is 4.02. The van der Waals surface area contributed by atoms with Crippen molar-refractivity contribution >= 4 is 12.2 Å². The van der Waals surface area contributed by atoms with Crippen molar-refractivity contribution in [1.82, 2.24) is 14.7 Å². The van der Waals surface area contributed by atoms with Gasteiger partial charge in [0.2, 0.25) is 0 Å². The molecule has 23 heavy (non-hydrogen) atoms. The minimum absolute atomic E-state index is 0.0549. The molecule has 0 radical (unpaired) electrons. The predicted molar refractivity (Wildman–Crippen MR) is 89.8 cm³/mol. The summed E-state index contributed by atoms with van der Waals surface area (Å²) in [6.07, 6.45) is 3.19. The smallest absolute Gasteiger partial charge is 0.254 e. The Bertz CT molecular complexity index is 575. The van der Waals surface area contributed by atoms with Gasteiger partial charge in [-0.1, -0.05) is 18.2 Å². The fourth-order valence-electron chi connectivity index (χ4n) is 3.54. The van der Waals surface area contributed by atoms with Crippen LogP contribution in [0, 0.1) is 0 Å². The molecule has 0 atom stereocenters. The fourth-order valence-corrected chi connectivity index (χ4v) is 3.54. The molecule has 1 aromatic rings. The van der Waals surface area contributed by atoms with Crippen molar-refractivity contribution in [3.63, 3.8) is 0 Å². The van der Waals surface area contributed by atoms with Crippen molar-refractivity contribution in [3.8, 4) is 0 Å². The maximum atomic E-state index is 12.6. The summed E-state index contributed by atoms with van der Waals surface area (Å²) in [6.45, 7) is 4.21. The maximum Gasteiger partial charge on any atom is 0.254 e. The second kappa shape index (κ2) is 6.81. The van der Waals surface area contributed by atoms with E-state index in [1.54, 1.807) is 29.2 Å². The number of carbonyl (C=O) groups excluding carboxylic acids is 2. The van der Waals surface area contributed by atoms with E-state index in [0.29, 0.717) is 17.2 Å². The Morgan fingerprint density at radius 1 is 1.22 bits per heavy atom. The molecule has 1 amide bonds. The van der Waals surface area contributed by atoms with Gasteiger partial charge in [0.15, 0.2) is 6.29 Å². The summed E-state index contributed by atoms with van der Waals surface area (Å²) in [5, 5.41) is 0. The zero-order valence-corrected chi connectivity index (χ0v) is 13.9. The lowest BCUT2D eigenvalue weighted by Crippen LogP contribution is -2.63. The van der Waals surface area contributed by atoms with Crippen LogP contribution in [0.5, 0.6) is 0 Å². The Morgan fingerprint density at radius 3 is 2.52 bits per heavy atom. The number of carbonyl (C=O) groups is 2. The number of benzene rings is 1. The number of amides is 1. The summed E-state index contributed by atoms with van der Waals surface area (Å²) in [5.41, 5.74) is 0.971. The average Bonchev–Trinajstić information content (AvgIpc) is 2.54. The van der Waals surface area contributed by atoms with Crippen LogP contribution in [0.3, 0.4) is 0 Å². The van der Waals surface area contributed by atoms with E-state index in [9.17, 15) is 9.59 Å². The van der Waals surface area contributed by atoms with Crippen LogP contribution in [0.2, 0.25) is 0 Å². The third-order valence-electron chi connectivity index (χ3n) is 5.28. The molecule has 0 aromatic heterocycles. The van der Waals surface area contributed by atoms with Gasteiger partial charge < -0.3 is 9.80 Å². The lowest BCUT2D eigenvalue weighted by atomic mass is 9.96. The SMILES string of the molecule is CN1CCC(N2CC(N(C)C(=O)c3ccccc3C=O)C2)CC1. The highest BCUT2D eigenvalue weighted by molar-refractivity contribution is 6.01. The summed E-state index contributed by atoms with van der Waals surface area (Å²) < 4.78 is 0. The largest absolute Gasteiger partial charge is 0.336 e. The highest BCUT2D eigenvalue weighted by Crippen LogP contribution is 2.24. The molecular weight excluding hydrogens is 290 g/mol. The zero-order chi connectivity index (χ0) is 16.4. The quantitative estimate of drug-likeness (QED) is 0.787. The highest BCUT2D eigenvalue weighted by Gasteiger charge is 2.37. The number of likely N-dealkylation sites (tertiary alicyclic amines) is 2. The standard InChI is InChI=1S/C18H25N3O2/c1-19-9-7-15(8-10-19)21-11-16(12-21)20(2)18(23)17-6-4-3-5-14(17)13-22/h3-6,13,15-16H,7-12H2,1-2H3. The van der Waals surface area contributed by atoms with Crippen LogP contribution in [-0.4, -0.2) is 79.3 Å². The molecule has 2 saturated heterocycles. The first-order chi connectivity index (χ1) is 11.1. The average molecular weight is 315 g/mol. The molecule has 3 rings (SSSR count). The molecule has 0 unspecified atom stereocenters. The van der Waals surface area contributed by atoms with Gasteiger partial charge in [-0.3, -0.25) is 14.5 Å². The second-order valence-corrected chi connectivity index (χ2v) is 6.76. The Labute approximate surface area is 137 Å². The summed E-state index contributed by atoms with van der Waals surface area (Å²) in [5.74, 6) is -0.0549. The van der Waals surface area contributed by atoms with E-state index in [1.807, 2.05) is 7.05 Å². The number of hydrogen-bond donors (Lipinski definition) is 0. The molecule has 0 aliphatic carbocycles. The lowest BCUT2D eigenvalue weighted by Gasteiger charge is -2.49. The maximum absolute atomic E-state index is 12.6. The minimum Gasteiger partial charge on any atom is -0.336 e. The number of hydrogen-bond acceptors (Lipinski definition) is 4. The van der Waals surface area contributed by atoms with Gasteiger partial charge in [0, 0.05) is 31.7 Å². The van der Waals surface area contributed by atoms with Crippen molar-refractivity contribution in [1.29, 1.82) is 0 Å². The molecule has 1 aromatic carbocycles. The van der Waals surface area contributed by atoms with Crippen LogP contribution in [-0.2, 0) is 0 Å². The number of rotatable bonds is 4. The lowest BCUT2D eigenvalue weighted by molar-refractivity contribution is 0.000320. The van der Waals surface area contributed by atoms with E-state index >= 15 is 0 Å². The molecule has 5 nitrogen and oxygen atoms in total. The zero-order valence-electron chi connectivity index (χ0n) is 13.9. The van der Waals surface area contributed by atoms with Crippen LogP contribution in [0.15, 0.2) is 24.3 Å². The van der Waals surface area contributed by atoms with Gasteiger partial charge in [-0.15, -0.1) is 0 Å². The summed E-state index contributed by atoms with van der Waals surface area (Å²) in [6, 6.07) is 7.93. The predicted octanol–water partition coefficient (Wildman–Crippen LogP) is 1.35. The molecule has 0 bridgehead atoms. The van der Waals surface area contributed by atoms with Crippen LogP contribution >= 0.6 is 0 Å². The first-order valence-electron chi connectivity index (χ1n) is 8.34. The molecule has 124 valence electrons. The first-order valence-corrected chi connectivity index (χ1v) is 8.34. The van der Waals surface area contributed by atoms with Crippen molar-refractivity contribution in [3.05, 3.63) is 35.4 Å². The molecule has 2 fully saturated rings. The van der Waals surface area contributed by atoms with Crippen molar-refractivity contribution in [2.24, 2.45) is 0 Å². The van der Waals surface area contributed by atoms with Crippen LogP contribution in [0.4, 0.5) is 0 Å². The van der Waals surface area contributed by atoms with E-state index in [2.05, 4.69) is 16.8 Å². The van der Waals surface area contributed by atoms with E-state index < -0.39 is 0 Å². The molecule has 0 spiro atoms. The number of piperidine rings is 1. The van der Waals surface area contributed by atoms with E-state index in [-0.39, 0.29) is 11.9 Å². The number of aldehydes is 1. The third kappa shape index (κ3) is 3.31. The molecule has 2 heterocycles. The molecule has 5 heteroatoms. The number of nitrogens with zero attached hydrogens (tertiary/aromatic N) is 3. The molecular formula is C18H25N3O2. The van der Waals surface area contributed by atoms with Crippen molar-refractivity contribution < 1.29 is 9.59 Å². The van der Waals surface area contributed by atoms with Gasteiger partial charge in [0.25, 0.3) is 5.91 Å². The van der Waals surface area contributed by atoms with Crippen molar-refractivity contribution in [2.45, 2.75) is 24.9 Å². The second-order valence-electron chi connectivity index (χ2n) is 6.76. The van der Waals surface area contributed by atoms with Crippen LogP contribution in [0.25, 0.3) is 0 Å². The topological polar surface area (TPSA) is 43.9 Å². The summed E-state index contributed by atoms with van der Waals surface area (Å²) in [4.78, 5) is 30.4. The third-order valence-corrected chi connectivity index (χ3v) is 5.28.